The number of rotatable bonds is 3. The van der Waals surface area contributed by atoms with Crippen LogP contribution in [0, 0.1) is 5.92 Å². The van der Waals surface area contributed by atoms with Crippen molar-refractivity contribution >= 4 is 5.91 Å². The van der Waals surface area contributed by atoms with Crippen molar-refractivity contribution in [2.75, 3.05) is 6.54 Å². The second-order valence-corrected chi connectivity index (χ2v) is 4.35. The van der Waals surface area contributed by atoms with Crippen LogP contribution in [-0.4, -0.2) is 24.5 Å². The molecule has 1 amide bonds. The summed E-state index contributed by atoms with van der Waals surface area (Å²) in [5, 5.41) is 6.51. The van der Waals surface area contributed by atoms with Gasteiger partial charge in [-0.25, -0.2) is 0 Å². The summed E-state index contributed by atoms with van der Waals surface area (Å²) in [6.07, 6.45) is 4.47. The molecule has 3 nitrogen and oxygen atoms in total. The van der Waals surface area contributed by atoms with Crippen molar-refractivity contribution in [2.45, 2.75) is 44.7 Å². The van der Waals surface area contributed by atoms with Crippen LogP contribution in [-0.2, 0) is 4.79 Å². The van der Waals surface area contributed by atoms with Crippen LogP contribution in [0.15, 0.2) is 0 Å². The number of piperidine rings is 1. The number of carbonyl (C=O) groups is 1. The molecule has 74 valence electrons. The van der Waals surface area contributed by atoms with Gasteiger partial charge in [0.25, 0.3) is 0 Å². The molecule has 0 spiro atoms. The Hall–Kier alpha value is -0.570. The van der Waals surface area contributed by atoms with Crippen molar-refractivity contribution in [2.24, 2.45) is 5.92 Å². The molecule has 1 aliphatic heterocycles. The highest BCUT2D eigenvalue weighted by Gasteiger charge is 2.27. The number of carbonyl (C=O) groups excluding carboxylic acids is 1. The lowest BCUT2D eigenvalue weighted by Gasteiger charge is -2.30. The van der Waals surface area contributed by atoms with Gasteiger partial charge in [-0.2, -0.15) is 0 Å². The van der Waals surface area contributed by atoms with Gasteiger partial charge in [0.1, 0.15) is 0 Å². The lowest BCUT2D eigenvalue weighted by molar-refractivity contribution is -0.123. The van der Waals surface area contributed by atoms with Crippen molar-refractivity contribution in [1.29, 1.82) is 0 Å². The third kappa shape index (κ3) is 2.44. The Kier molecular flexibility index (Phi) is 2.54. The summed E-state index contributed by atoms with van der Waals surface area (Å²) in [6.45, 7) is 3.23. The van der Waals surface area contributed by atoms with Crippen LogP contribution >= 0.6 is 0 Å². The van der Waals surface area contributed by atoms with E-state index in [1.807, 2.05) is 0 Å². The first-order valence-electron chi connectivity index (χ1n) is 5.28. The summed E-state index contributed by atoms with van der Waals surface area (Å²) in [5.74, 6) is 1.13. The first-order chi connectivity index (χ1) is 6.25. The fourth-order valence-electron chi connectivity index (χ4n) is 1.88. The normalized spacial score (nSPS) is 34.4. The standard InChI is InChI=1S/C10H18N2O/c1-7-9(4-5-10(13)12-7)11-6-8-2-3-8/h7-9,11H,2-6H2,1H3,(H,12,13). The molecule has 3 heteroatoms. The SMILES string of the molecule is CC1NC(=O)CCC1NCC1CC1. The fourth-order valence-corrected chi connectivity index (χ4v) is 1.88. The van der Waals surface area contributed by atoms with E-state index in [1.54, 1.807) is 0 Å². The average Bonchev–Trinajstić information content (AvgIpc) is 2.86. The molecule has 1 saturated heterocycles. The third-order valence-corrected chi connectivity index (χ3v) is 3.04. The monoisotopic (exact) mass is 182 g/mol. The van der Waals surface area contributed by atoms with Crippen molar-refractivity contribution < 1.29 is 4.79 Å². The topological polar surface area (TPSA) is 41.1 Å². The first-order valence-corrected chi connectivity index (χ1v) is 5.28. The Bertz CT molecular complexity index is 201. The molecular weight excluding hydrogens is 164 g/mol. The summed E-state index contributed by atoms with van der Waals surface area (Å²) >= 11 is 0. The Morgan fingerprint density at radius 3 is 2.85 bits per heavy atom. The van der Waals surface area contributed by atoms with Gasteiger partial charge in [0.05, 0.1) is 0 Å². The van der Waals surface area contributed by atoms with Crippen molar-refractivity contribution in [1.82, 2.24) is 10.6 Å². The zero-order chi connectivity index (χ0) is 9.26. The molecule has 2 N–H and O–H groups in total. The Morgan fingerprint density at radius 2 is 2.23 bits per heavy atom. The molecule has 2 atom stereocenters. The Morgan fingerprint density at radius 1 is 1.46 bits per heavy atom. The lowest BCUT2D eigenvalue weighted by Crippen LogP contribution is -2.52. The Balaban J connectivity index is 1.74. The molecular formula is C10H18N2O. The predicted octanol–water partition coefficient (Wildman–Crippen LogP) is 0.653. The molecule has 1 saturated carbocycles. The largest absolute Gasteiger partial charge is 0.352 e. The van der Waals surface area contributed by atoms with Gasteiger partial charge in [-0.05, 0) is 38.6 Å². The average molecular weight is 182 g/mol. The summed E-state index contributed by atoms with van der Waals surface area (Å²) in [4.78, 5) is 11.0. The van der Waals surface area contributed by atoms with E-state index in [1.165, 1.54) is 12.8 Å². The number of hydrogen-bond donors (Lipinski definition) is 2. The predicted molar refractivity (Wildman–Crippen MR) is 51.4 cm³/mol. The van der Waals surface area contributed by atoms with Gasteiger partial charge in [-0.15, -0.1) is 0 Å². The minimum absolute atomic E-state index is 0.206. The number of amides is 1. The molecule has 13 heavy (non-hydrogen) atoms. The second-order valence-electron chi connectivity index (χ2n) is 4.35. The van der Waals surface area contributed by atoms with Gasteiger partial charge in [0.2, 0.25) is 5.91 Å². The molecule has 2 fully saturated rings. The van der Waals surface area contributed by atoms with Crippen molar-refractivity contribution in [3.8, 4) is 0 Å². The molecule has 0 bridgehead atoms. The summed E-state index contributed by atoms with van der Waals surface area (Å²) in [7, 11) is 0. The second kappa shape index (κ2) is 3.66. The van der Waals surface area contributed by atoms with E-state index in [4.69, 9.17) is 0 Å². The highest BCUT2D eigenvalue weighted by atomic mass is 16.1. The minimum atomic E-state index is 0.206. The van der Waals surface area contributed by atoms with E-state index < -0.39 is 0 Å². The maximum absolute atomic E-state index is 11.0. The van der Waals surface area contributed by atoms with E-state index in [-0.39, 0.29) is 5.91 Å². The molecule has 0 aromatic rings. The summed E-state index contributed by atoms with van der Waals surface area (Å²) in [5.41, 5.74) is 0. The molecule has 0 aromatic carbocycles. The lowest BCUT2D eigenvalue weighted by atomic mass is 9.99. The molecule has 2 aliphatic rings. The van der Waals surface area contributed by atoms with E-state index in [9.17, 15) is 4.79 Å². The zero-order valence-electron chi connectivity index (χ0n) is 8.18. The van der Waals surface area contributed by atoms with Gasteiger partial charge >= 0.3 is 0 Å². The molecule has 0 aromatic heterocycles. The quantitative estimate of drug-likeness (QED) is 0.673. The van der Waals surface area contributed by atoms with E-state index in [2.05, 4.69) is 17.6 Å². The van der Waals surface area contributed by atoms with Gasteiger partial charge in [-0.1, -0.05) is 0 Å². The van der Waals surface area contributed by atoms with E-state index in [0.29, 0.717) is 18.5 Å². The van der Waals surface area contributed by atoms with Crippen LogP contribution in [0.2, 0.25) is 0 Å². The molecule has 1 heterocycles. The van der Waals surface area contributed by atoms with Crippen LogP contribution in [0.4, 0.5) is 0 Å². The van der Waals surface area contributed by atoms with Crippen molar-refractivity contribution in [3.05, 3.63) is 0 Å². The number of nitrogens with one attached hydrogen (secondary N) is 2. The number of hydrogen-bond acceptors (Lipinski definition) is 2. The van der Waals surface area contributed by atoms with E-state index >= 15 is 0 Å². The van der Waals surface area contributed by atoms with E-state index in [0.717, 1.165) is 18.9 Å². The molecule has 2 unspecified atom stereocenters. The van der Waals surface area contributed by atoms with Crippen LogP contribution < -0.4 is 10.6 Å². The van der Waals surface area contributed by atoms with Crippen LogP contribution in [0.5, 0.6) is 0 Å². The minimum Gasteiger partial charge on any atom is -0.352 e. The van der Waals surface area contributed by atoms with Crippen molar-refractivity contribution in [3.63, 3.8) is 0 Å². The van der Waals surface area contributed by atoms with Gasteiger partial charge in [0, 0.05) is 18.5 Å². The Labute approximate surface area is 79.3 Å². The maximum atomic E-state index is 11.0. The summed E-state index contributed by atoms with van der Waals surface area (Å²) < 4.78 is 0. The van der Waals surface area contributed by atoms with Gasteiger partial charge < -0.3 is 10.6 Å². The van der Waals surface area contributed by atoms with Crippen LogP contribution in [0.1, 0.15) is 32.6 Å². The van der Waals surface area contributed by atoms with Crippen LogP contribution in [0.3, 0.4) is 0 Å². The summed E-state index contributed by atoms with van der Waals surface area (Å²) in [6, 6.07) is 0.804. The highest BCUT2D eigenvalue weighted by molar-refractivity contribution is 5.77. The molecule has 1 aliphatic carbocycles. The highest BCUT2D eigenvalue weighted by Crippen LogP contribution is 2.28. The fraction of sp³-hybridized carbons (Fsp3) is 0.900. The van der Waals surface area contributed by atoms with Gasteiger partial charge in [0.15, 0.2) is 0 Å². The van der Waals surface area contributed by atoms with Gasteiger partial charge in [-0.3, -0.25) is 4.79 Å². The third-order valence-electron chi connectivity index (χ3n) is 3.04. The zero-order valence-corrected chi connectivity index (χ0v) is 8.18. The maximum Gasteiger partial charge on any atom is 0.220 e. The molecule has 2 rings (SSSR count). The first kappa shape index (κ1) is 9.00. The smallest absolute Gasteiger partial charge is 0.220 e. The molecule has 0 radical (unpaired) electrons. The van der Waals surface area contributed by atoms with Crippen LogP contribution in [0.25, 0.3) is 0 Å².